The standard InChI is InChI=1S/C46H58N16O15/c1-6-33-38(76-44-35(56-61-51)40(70-25(3)64)39(69-24(2)63)34(74-44)20-52-57-47)42(71-26(4)65)45(73-33)77-41-36(67-5)31(54-59-49)19-32(55-60-50)37(41)75-43-30(53-58-48)18-17-29(72-43)22-62(21-27-13-9-7-10-14-27)46(66)68-23-28-15-11-8-12-16-28/h7-16,29-45H,6,17-23H2,1-5H3. The monoisotopic (exact) mass is 1070 g/mol. The summed E-state index contributed by atoms with van der Waals surface area (Å²) >= 11 is 0. The molecule has 1 saturated carbocycles. The molecule has 17 unspecified atom stereocenters. The number of hydrogen-bond acceptors (Lipinski definition) is 20. The van der Waals surface area contributed by atoms with Crippen LogP contribution in [-0.4, -0.2) is 153 Å². The van der Waals surface area contributed by atoms with Gasteiger partial charge in [0.1, 0.15) is 31.0 Å². The van der Waals surface area contributed by atoms with Crippen LogP contribution in [0.1, 0.15) is 64.5 Å². The van der Waals surface area contributed by atoms with Crippen molar-refractivity contribution >= 4 is 24.0 Å². The molecule has 17 atom stereocenters. The number of hydrogen-bond donors (Lipinski definition) is 0. The smallest absolute Gasteiger partial charge is 0.410 e. The minimum Gasteiger partial charge on any atom is -0.458 e. The van der Waals surface area contributed by atoms with E-state index in [0.717, 1.165) is 31.9 Å². The van der Waals surface area contributed by atoms with Crippen molar-refractivity contribution in [3.05, 3.63) is 124 Å². The Labute approximate surface area is 439 Å². The third kappa shape index (κ3) is 15.7. The summed E-state index contributed by atoms with van der Waals surface area (Å²) in [5.74, 6) is -2.58. The van der Waals surface area contributed by atoms with Gasteiger partial charge in [0.2, 0.25) is 0 Å². The highest BCUT2D eigenvalue weighted by atomic mass is 16.8. The summed E-state index contributed by atoms with van der Waals surface area (Å²) in [6, 6.07) is 13.5. The molecule has 0 radical (unpaired) electrons. The molecule has 1 aliphatic carbocycles. The highest BCUT2D eigenvalue weighted by Gasteiger charge is 2.57. The molecule has 3 aliphatic heterocycles. The minimum atomic E-state index is -1.70. The SMILES string of the molecule is CCC1OC(OC2C(OC)C(N=[N+]=[N-])CC(N=[N+]=[N-])C2OC2OC(CN(Cc3ccccc3)C(=O)OCc3ccccc3)CCC2N=[N+]=[N-])C(OC(C)=O)C1OC1OC(CN=[N+]=[N-])C(OC(C)=O)C(OC(C)=O)C1N=[N+]=[N-]. The summed E-state index contributed by atoms with van der Waals surface area (Å²) in [6.45, 7) is 4.54. The van der Waals surface area contributed by atoms with Gasteiger partial charge in [0.25, 0.3) is 0 Å². The van der Waals surface area contributed by atoms with Crippen molar-refractivity contribution in [2.24, 2.45) is 25.6 Å². The van der Waals surface area contributed by atoms with Crippen LogP contribution in [0.3, 0.4) is 0 Å². The molecule has 4 fully saturated rings. The third-order valence-electron chi connectivity index (χ3n) is 12.9. The number of carbonyl (C=O) groups is 4. The number of rotatable bonds is 23. The summed E-state index contributed by atoms with van der Waals surface area (Å²) in [5, 5.41) is 19.3. The second kappa shape index (κ2) is 29.1. The van der Waals surface area contributed by atoms with Crippen molar-refractivity contribution < 1.29 is 71.3 Å². The molecule has 4 aliphatic rings. The zero-order valence-corrected chi connectivity index (χ0v) is 42.5. The van der Waals surface area contributed by atoms with Crippen LogP contribution in [0.5, 0.6) is 0 Å². The van der Waals surface area contributed by atoms with E-state index in [1.165, 1.54) is 12.0 Å². The average Bonchev–Trinajstić information content (AvgIpc) is 3.74. The Morgan fingerprint density at radius 3 is 1.75 bits per heavy atom. The topological polar surface area (TPSA) is 417 Å². The van der Waals surface area contributed by atoms with Crippen molar-refractivity contribution in [1.82, 2.24) is 4.90 Å². The number of ether oxygens (including phenoxy) is 11. The molecule has 0 spiro atoms. The number of azide groups is 5. The third-order valence-corrected chi connectivity index (χ3v) is 12.9. The number of carbonyl (C=O) groups excluding carboxylic acids is 4. The normalized spacial score (nSPS) is 31.4. The number of amides is 1. The lowest BCUT2D eigenvalue weighted by atomic mass is 9.84. The summed E-state index contributed by atoms with van der Waals surface area (Å²) in [4.78, 5) is 67.8. The van der Waals surface area contributed by atoms with Crippen LogP contribution in [0.25, 0.3) is 52.2 Å². The number of esters is 3. The van der Waals surface area contributed by atoms with E-state index in [2.05, 4.69) is 50.1 Å². The maximum absolute atomic E-state index is 13.8. The predicted octanol–water partition coefficient (Wildman–Crippen LogP) is 7.59. The molecule has 31 nitrogen and oxygen atoms in total. The Bertz CT molecular complexity index is 2580. The van der Waals surface area contributed by atoms with Gasteiger partial charge in [0.15, 0.2) is 37.2 Å². The molecule has 2 aromatic rings. The first kappa shape index (κ1) is 58.6. The number of benzene rings is 2. The predicted molar refractivity (Wildman–Crippen MR) is 261 cm³/mol. The van der Waals surface area contributed by atoms with Gasteiger partial charge in [0, 0.05) is 59.0 Å². The Balaban J connectivity index is 1.34. The van der Waals surface area contributed by atoms with Crippen molar-refractivity contribution in [3.63, 3.8) is 0 Å². The van der Waals surface area contributed by atoms with Gasteiger partial charge in [0.05, 0.1) is 55.6 Å². The first-order valence-corrected chi connectivity index (χ1v) is 24.4. The lowest BCUT2D eigenvalue weighted by molar-refractivity contribution is -0.293. The molecule has 0 aromatic heterocycles. The zero-order valence-electron chi connectivity index (χ0n) is 42.5. The van der Waals surface area contributed by atoms with Gasteiger partial charge in [-0.05, 0) is 64.5 Å². The molecule has 31 heteroatoms. The molecular formula is C46H58N16O15. The lowest BCUT2D eigenvalue weighted by Gasteiger charge is -2.46. The van der Waals surface area contributed by atoms with Crippen molar-refractivity contribution in [2.75, 3.05) is 20.2 Å². The van der Waals surface area contributed by atoms with Crippen molar-refractivity contribution in [2.45, 2.75) is 171 Å². The van der Waals surface area contributed by atoms with E-state index in [1.807, 2.05) is 60.7 Å². The molecule has 0 N–H and O–H groups in total. The van der Waals surface area contributed by atoms with Crippen molar-refractivity contribution in [1.29, 1.82) is 0 Å². The second-order valence-corrected chi connectivity index (χ2v) is 18.0. The Morgan fingerprint density at radius 2 is 1.16 bits per heavy atom. The van der Waals surface area contributed by atoms with E-state index in [0.29, 0.717) is 0 Å². The maximum Gasteiger partial charge on any atom is 0.410 e. The Morgan fingerprint density at radius 1 is 0.597 bits per heavy atom. The number of methoxy groups -OCH3 is 1. The van der Waals surface area contributed by atoms with Gasteiger partial charge in [-0.2, -0.15) is 0 Å². The molecule has 3 heterocycles. The van der Waals surface area contributed by atoms with E-state index >= 15 is 0 Å². The van der Waals surface area contributed by atoms with Crippen LogP contribution in [-0.2, 0) is 79.6 Å². The first-order valence-electron chi connectivity index (χ1n) is 24.4. The Hall–Kier alpha value is -7.61. The van der Waals surface area contributed by atoms with Gasteiger partial charge in [-0.1, -0.05) is 93.2 Å². The van der Waals surface area contributed by atoms with Gasteiger partial charge in [-0.25, -0.2) is 4.79 Å². The number of nitrogens with zero attached hydrogens (tertiary/aromatic N) is 16. The van der Waals surface area contributed by atoms with Gasteiger partial charge >= 0.3 is 24.0 Å². The summed E-state index contributed by atoms with van der Waals surface area (Å²) in [7, 11) is 1.30. The molecule has 2 aromatic carbocycles. The van der Waals surface area contributed by atoms with Crippen LogP contribution in [0.4, 0.5) is 4.79 Å². The molecule has 0 bridgehead atoms. The van der Waals surface area contributed by atoms with Gasteiger partial charge in [-0.15, -0.1) is 0 Å². The van der Waals surface area contributed by atoms with E-state index in [9.17, 15) is 46.8 Å². The first-order chi connectivity index (χ1) is 37.2. The zero-order chi connectivity index (χ0) is 55.4. The molecule has 1 amide bonds. The van der Waals surface area contributed by atoms with Crippen LogP contribution in [0.2, 0.25) is 0 Å². The maximum atomic E-state index is 13.8. The van der Waals surface area contributed by atoms with Crippen LogP contribution < -0.4 is 0 Å². The largest absolute Gasteiger partial charge is 0.458 e. The molecule has 6 rings (SSSR count). The molecule has 77 heavy (non-hydrogen) atoms. The van der Waals surface area contributed by atoms with Crippen LogP contribution in [0, 0.1) is 0 Å². The highest BCUT2D eigenvalue weighted by molar-refractivity contribution is 5.68. The second-order valence-electron chi connectivity index (χ2n) is 18.0. The fourth-order valence-electron chi connectivity index (χ4n) is 9.64. The van der Waals surface area contributed by atoms with Crippen molar-refractivity contribution in [3.8, 4) is 0 Å². The van der Waals surface area contributed by atoms with Crippen LogP contribution >= 0.6 is 0 Å². The van der Waals surface area contributed by atoms with E-state index < -0.39 is 135 Å². The van der Waals surface area contributed by atoms with E-state index in [-0.39, 0.29) is 45.4 Å². The van der Waals surface area contributed by atoms with Crippen LogP contribution in [0.15, 0.2) is 86.2 Å². The summed E-state index contributed by atoms with van der Waals surface area (Å²) in [5.41, 5.74) is 49.9. The highest BCUT2D eigenvalue weighted by Crippen LogP contribution is 2.40. The molecular weight excluding hydrogens is 1020 g/mol. The summed E-state index contributed by atoms with van der Waals surface area (Å²) < 4.78 is 67.6. The lowest BCUT2D eigenvalue weighted by Crippen LogP contribution is -2.62. The molecule has 412 valence electrons. The Kier molecular flexibility index (Phi) is 22.1. The molecule has 3 saturated heterocycles. The summed E-state index contributed by atoms with van der Waals surface area (Å²) in [6.07, 6.45) is -18.1. The average molecular weight is 1080 g/mol. The van der Waals surface area contributed by atoms with Gasteiger partial charge < -0.3 is 57.0 Å². The van der Waals surface area contributed by atoms with Gasteiger partial charge in [-0.3, -0.25) is 14.4 Å². The minimum absolute atomic E-state index is 0.00394. The fraction of sp³-hybridized carbons (Fsp3) is 0.652. The quantitative estimate of drug-likeness (QED) is 0.0340. The van der Waals surface area contributed by atoms with E-state index in [4.69, 9.17) is 52.1 Å². The fourth-order valence-corrected chi connectivity index (χ4v) is 9.64. The van der Waals surface area contributed by atoms with E-state index in [1.54, 1.807) is 6.92 Å².